The third-order valence-electron chi connectivity index (χ3n) is 3.68. The molecule has 1 aliphatic rings. The number of aliphatic hydroxyl groups excluding tert-OH is 1. The Labute approximate surface area is 93.6 Å². The van der Waals surface area contributed by atoms with Crippen molar-refractivity contribution in [1.82, 2.24) is 4.90 Å². The van der Waals surface area contributed by atoms with Gasteiger partial charge in [-0.2, -0.15) is 0 Å². The van der Waals surface area contributed by atoms with Gasteiger partial charge < -0.3 is 10.8 Å². The Hall–Kier alpha value is -0.120. The van der Waals surface area contributed by atoms with Gasteiger partial charge in [-0.3, -0.25) is 4.90 Å². The second-order valence-corrected chi connectivity index (χ2v) is 4.55. The Bertz CT molecular complexity index is 164. The molecule has 0 radical (unpaired) electrons. The summed E-state index contributed by atoms with van der Waals surface area (Å²) >= 11 is 0. The van der Waals surface area contributed by atoms with Crippen LogP contribution in [0.15, 0.2) is 0 Å². The summed E-state index contributed by atoms with van der Waals surface area (Å²) < 4.78 is 0. The van der Waals surface area contributed by atoms with Crippen LogP contribution in [-0.4, -0.2) is 42.3 Å². The molecule has 3 N–H and O–H groups in total. The Morgan fingerprint density at radius 2 is 2.00 bits per heavy atom. The second kappa shape index (κ2) is 7.20. The Balaban J connectivity index is 2.58. The highest BCUT2D eigenvalue weighted by Crippen LogP contribution is 2.26. The number of nitrogens with zero attached hydrogens (tertiary/aromatic N) is 1. The van der Waals surface area contributed by atoms with Crippen LogP contribution in [0.2, 0.25) is 0 Å². The maximum atomic E-state index is 9.05. The van der Waals surface area contributed by atoms with Crippen molar-refractivity contribution in [1.29, 1.82) is 0 Å². The standard InChI is InChI=1S/C12H26N2O/c1-2-14(8-9-15)12-7-5-3-4-6-11(12)10-13/h11-12,15H,2-10,13H2,1H3. The van der Waals surface area contributed by atoms with Crippen molar-refractivity contribution in [3.63, 3.8) is 0 Å². The molecule has 1 rings (SSSR count). The third kappa shape index (κ3) is 3.74. The molecule has 1 saturated carbocycles. The highest BCUT2D eigenvalue weighted by molar-refractivity contribution is 4.82. The fraction of sp³-hybridized carbons (Fsp3) is 1.00. The van der Waals surface area contributed by atoms with Crippen LogP contribution in [-0.2, 0) is 0 Å². The van der Waals surface area contributed by atoms with Gasteiger partial charge in [-0.25, -0.2) is 0 Å². The van der Waals surface area contributed by atoms with E-state index in [-0.39, 0.29) is 6.61 Å². The molecule has 0 heterocycles. The average Bonchev–Trinajstić information content (AvgIpc) is 2.50. The van der Waals surface area contributed by atoms with Gasteiger partial charge in [0.1, 0.15) is 0 Å². The molecule has 0 aromatic rings. The molecule has 1 fully saturated rings. The molecule has 0 aliphatic heterocycles. The molecular weight excluding hydrogens is 188 g/mol. The lowest BCUT2D eigenvalue weighted by Gasteiger charge is -2.34. The minimum absolute atomic E-state index is 0.266. The van der Waals surface area contributed by atoms with Gasteiger partial charge in [-0.05, 0) is 31.8 Å². The van der Waals surface area contributed by atoms with Gasteiger partial charge in [0.2, 0.25) is 0 Å². The topological polar surface area (TPSA) is 49.5 Å². The molecular formula is C12H26N2O. The van der Waals surface area contributed by atoms with E-state index in [0.717, 1.165) is 19.6 Å². The highest BCUT2D eigenvalue weighted by atomic mass is 16.3. The Kier molecular flexibility index (Phi) is 6.22. The summed E-state index contributed by atoms with van der Waals surface area (Å²) in [5, 5.41) is 9.05. The van der Waals surface area contributed by atoms with E-state index in [1.54, 1.807) is 0 Å². The van der Waals surface area contributed by atoms with Crippen LogP contribution in [0, 0.1) is 5.92 Å². The lowest BCUT2D eigenvalue weighted by molar-refractivity contribution is 0.114. The average molecular weight is 214 g/mol. The fourth-order valence-corrected chi connectivity index (χ4v) is 2.81. The van der Waals surface area contributed by atoms with Gasteiger partial charge >= 0.3 is 0 Å². The van der Waals surface area contributed by atoms with Crippen molar-refractivity contribution in [2.24, 2.45) is 11.7 Å². The summed E-state index contributed by atoms with van der Waals surface area (Å²) in [4.78, 5) is 2.41. The van der Waals surface area contributed by atoms with Crippen molar-refractivity contribution in [2.75, 3.05) is 26.2 Å². The maximum Gasteiger partial charge on any atom is 0.0558 e. The summed E-state index contributed by atoms with van der Waals surface area (Å²) in [6.07, 6.45) is 6.53. The molecule has 15 heavy (non-hydrogen) atoms. The molecule has 3 nitrogen and oxygen atoms in total. The molecule has 1 aliphatic carbocycles. The first-order chi connectivity index (χ1) is 7.33. The monoisotopic (exact) mass is 214 g/mol. The van der Waals surface area contributed by atoms with Gasteiger partial charge in [0, 0.05) is 12.6 Å². The van der Waals surface area contributed by atoms with E-state index in [0.29, 0.717) is 12.0 Å². The SMILES string of the molecule is CCN(CCO)C1CCCCCC1CN. The van der Waals surface area contributed by atoms with E-state index in [9.17, 15) is 0 Å². The van der Waals surface area contributed by atoms with Crippen LogP contribution < -0.4 is 5.73 Å². The summed E-state index contributed by atoms with van der Waals surface area (Å²) in [6, 6.07) is 0.606. The van der Waals surface area contributed by atoms with Crippen molar-refractivity contribution in [3.05, 3.63) is 0 Å². The Morgan fingerprint density at radius 3 is 2.60 bits per heavy atom. The molecule has 3 heteroatoms. The third-order valence-corrected chi connectivity index (χ3v) is 3.68. The molecule has 90 valence electrons. The molecule has 0 aromatic carbocycles. The highest BCUT2D eigenvalue weighted by Gasteiger charge is 2.26. The number of hydrogen-bond donors (Lipinski definition) is 2. The van der Waals surface area contributed by atoms with E-state index in [1.165, 1.54) is 32.1 Å². The molecule has 0 amide bonds. The lowest BCUT2D eigenvalue weighted by Crippen LogP contribution is -2.44. The predicted octanol–water partition coefficient (Wildman–Crippen LogP) is 1.21. The van der Waals surface area contributed by atoms with Gasteiger partial charge in [0.25, 0.3) is 0 Å². The van der Waals surface area contributed by atoms with Gasteiger partial charge in [0.05, 0.1) is 6.61 Å². The van der Waals surface area contributed by atoms with E-state index in [2.05, 4.69) is 11.8 Å². The molecule has 2 atom stereocenters. The van der Waals surface area contributed by atoms with E-state index >= 15 is 0 Å². The van der Waals surface area contributed by atoms with Gasteiger partial charge in [-0.15, -0.1) is 0 Å². The van der Waals surface area contributed by atoms with Gasteiger partial charge in [-0.1, -0.05) is 26.2 Å². The zero-order valence-corrected chi connectivity index (χ0v) is 9.99. The summed E-state index contributed by atoms with van der Waals surface area (Å²) in [5.74, 6) is 0.638. The number of likely N-dealkylation sites (N-methyl/N-ethyl adjacent to an activating group) is 1. The van der Waals surface area contributed by atoms with E-state index in [1.807, 2.05) is 0 Å². The second-order valence-electron chi connectivity index (χ2n) is 4.55. The first-order valence-electron chi connectivity index (χ1n) is 6.38. The minimum atomic E-state index is 0.266. The van der Waals surface area contributed by atoms with Crippen molar-refractivity contribution in [2.45, 2.75) is 45.1 Å². The lowest BCUT2D eigenvalue weighted by atomic mass is 9.93. The quantitative estimate of drug-likeness (QED) is 0.676. The van der Waals surface area contributed by atoms with Crippen LogP contribution in [0.3, 0.4) is 0 Å². The molecule has 0 aromatic heterocycles. The smallest absolute Gasteiger partial charge is 0.0558 e. The molecule has 0 bridgehead atoms. The van der Waals surface area contributed by atoms with Crippen molar-refractivity contribution in [3.8, 4) is 0 Å². The zero-order chi connectivity index (χ0) is 11.1. The maximum absolute atomic E-state index is 9.05. The molecule has 2 unspecified atom stereocenters. The van der Waals surface area contributed by atoms with Crippen LogP contribution in [0.4, 0.5) is 0 Å². The van der Waals surface area contributed by atoms with Crippen molar-refractivity contribution >= 4 is 0 Å². The van der Waals surface area contributed by atoms with Crippen LogP contribution in [0.1, 0.15) is 39.0 Å². The molecule has 0 spiro atoms. The predicted molar refractivity (Wildman–Crippen MR) is 63.8 cm³/mol. The number of aliphatic hydroxyl groups is 1. The first-order valence-corrected chi connectivity index (χ1v) is 6.38. The summed E-state index contributed by atoms with van der Waals surface area (Å²) in [5.41, 5.74) is 5.86. The summed E-state index contributed by atoms with van der Waals surface area (Å²) in [6.45, 7) is 5.07. The van der Waals surface area contributed by atoms with E-state index < -0.39 is 0 Å². The Morgan fingerprint density at radius 1 is 1.27 bits per heavy atom. The van der Waals surface area contributed by atoms with Crippen LogP contribution in [0.25, 0.3) is 0 Å². The van der Waals surface area contributed by atoms with Crippen LogP contribution >= 0.6 is 0 Å². The zero-order valence-electron chi connectivity index (χ0n) is 9.99. The van der Waals surface area contributed by atoms with E-state index in [4.69, 9.17) is 10.8 Å². The van der Waals surface area contributed by atoms with Gasteiger partial charge in [0.15, 0.2) is 0 Å². The summed E-state index contributed by atoms with van der Waals surface area (Å²) in [7, 11) is 0. The molecule has 0 saturated heterocycles. The largest absolute Gasteiger partial charge is 0.395 e. The van der Waals surface area contributed by atoms with Crippen molar-refractivity contribution < 1.29 is 5.11 Å². The van der Waals surface area contributed by atoms with Crippen LogP contribution in [0.5, 0.6) is 0 Å². The minimum Gasteiger partial charge on any atom is -0.395 e. The fourth-order valence-electron chi connectivity index (χ4n) is 2.81. The first kappa shape index (κ1) is 12.9. The number of rotatable bonds is 5. The normalized spacial score (nSPS) is 28.0. The number of hydrogen-bond acceptors (Lipinski definition) is 3. The number of nitrogens with two attached hydrogens (primary N) is 1.